The summed E-state index contributed by atoms with van der Waals surface area (Å²) < 4.78 is 6.10. The molecule has 3 N–H and O–H groups in total. The Morgan fingerprint density at radius 2 is 2.00 bits per heavy atom. The molecule has 94 valence electrons. The van der Waals surface area contributed by atoms with Gasteiger partial charge in [0.25, 0.3) is 0 Å². The lowest BCUT2D eigenvalue weighted by Crippen LogP contribution is -1.98. The summed E-state index contributed by atoms with van der Waals surface area (Å²) in [5.74, 6) is 0.803. The van der Waals surface area contributed by atoms with Gasteiger partial charge in [0, 0.05) is 5.69 Å². The van der Waals surface area contributed by atoms with Crippen LogP contribution >= 0.6 is 15.9 Å². The van der Waals surface area contributed by atoms with Gasteiger partial charge in [0.2, 0.25) is 0 Å². The Labute approximate surface area is 115 Å². The summed E-state index contributed by atoms with van der Waals surface area (Å²) in [5, 5.41) is 3.29. The second-order valence-corrected chi connectivity index (χ2v) is 4.86. The van der Waals surface area contributed by atoms with Gasteiger partial charge in [0.15, 0.2) is 0 Å². The molecule has 0 radical (unpaired) electrons. The number of nitrogen functional groups attached to an aromatic ring is 1. The van der Waals surface area contributed by atoms with Crippen LogP contribution in [0.25, 0.3) is 0 Å². The summed E-state index contributed by atoms with van der Waals surface area (Å²) in [5.41, 5.74) is 9.72. The van der Waals surface area contributed by atoms with E-state index in [-0.39, 0.29) is 0 Å². The van der Waals surface area contributed by atoms with Crippen LogP contribution in [-0.2, 0) is 0 Å². The minimum atomic E-state index is 0.768. The predicted octanol–water partition coefficient (Wildman–Crippen LogP) is 4.09. The summed E-state index contributed by atoms with van der Waals surface area (Å²) in [6, 6.07) is 11.7. The van der Waals surface area contributed by atoms with Crippen molar-refractivity contribution in [1.82, 2.24) is 0 Å². The van der Waals surface area contributed by atoms with Crippen molar-refractivity contribution in [3.05, 3.63) is 46.4 Å². The molecule has 0 aromatic heterocycles. The molecule has 2 aromatic carbocycles. The topological polar surface area (TPSA) is 47.3 Å². The van der Waals surface area contributed by atoms with Gasteiger partial charge in [-0.1, -0.05) is 12.1 Å². The van der Waals surface area contributed by atoms with Crippen LogP contribution in [0.4, 0.5) is 17.1 Å². The molecule has 18 heavy (non-hydrogen) atoms. The number of aryl methyl sites for hydroxylation is 1. The van der Waals surface area contributed by atoms with Crippen LogP contribution < -0.4 is 15.8 Å². The molecule has 0 aliphatic rings. The molecule has 0 spiro atoms. The van der Waals surface area contributed by atoms with Crippen LogP contribution in [0, 0.1) is 6.92 Å². The van der Waals surface area contributed by atoms with Gasteiger partial charge in [-0.05, 0) is 52.7 Å². The van der Waals surface area contributed by atoms with Gasteiger partial charge in [0.05, 0.1) is 23.0 Å². The van der Waals surface area contributed by atoms with E-state index in [4.69, 9.17) is 10.5 Å². The van der Waals surface area contributed by atoms with E-state index in [0.717, 1.165) is 32.8 Å². The first-order chi connectivity index (χ1) is 8.61. The Kier molecular flexibility index (Phi) is 3.77. The Bertz CT molecular complexity index is 570. The highest BCUT2D eigenvalue weighted by Crippen LogP contribution is 2.31. The smallest absolute Gasteiger partial charge is 0.133 e. The first-order valence-electron chi connectivity index (χ1n) is 5.57. The molecule has 0 bridgehead atoms. The quantitative estimate of drug-likeness (QED) is 0.840. The summed E-state index contributed by atoms with van der Waals surface area (Å²) in [4.78, 5) is 0. The molecule has 4 heteroatoms. The van der Waals surface area contributed by atoms with E-state index in [1.165, 1.54) is 0 Å². The first-order valence-corrected chi connectivity index (χ1v) is 6.37. The highest BCUT2D eigenvalue weighted by Gasteiger charge is 2.04. The summed E-state index contributed by atoms with van der Waals surface area (Å²) >= 11 is 3.46. The average molecular weight is 307 g/mol. The number of hydrogen-bond donors (Lipinski definition) is 2. The van der Waals surface area contributed by atoms with Gasteiger partial charge in [0.1, 0.15) is 5.75 Å². The zero-order chi connectivity index (χ0) is 13.1. The standard InChI is InChI=1S/C14H15BrN2O/c1-9-4-3-5-12(14(9)16)17-10-6-7-13(18-2)11(15)8-10/h3-8,17H,16H2,1-2H3. The molecule has 3 nitrogen and oxygen atoms in total. The zero-order valence-corrected chi connectivity index (χ0v) is 11.9. The lowest BCUT2D eigenvalue weighted by atomic mass is 10.1. The van der Waals surface area contributed by atoms with E-state index in [1.807, 2.05) is 43.3 Å². The fraction of sp³-hybridized carbons (Fsp3) is 0.143. The van der Waals surface area contributed by atoms with E-state index < -0.39 is 0 Å². The molecule has 2 aromatic rings. The van der Waals surface area contributed by atoms with Crippen molar-refractivity contribution >= 4 is 33.0 Å². The number of rotatable bonds is 3. The second kappa shape index (κ2) is 5.31. The van der Waals surface area contributed by atoms with Gasteiger partial charge in [-0.25, -0.2) is 0 Å². The monoisotopic (exact) mass is 306 g/mol. The predicted molar refractivity (Wildman–Crippen MR) is 79.6 cm³/mol. The lowest BCUT2D eigenvalue weighted by Gasteiger charge is -2.12. The normalized spacial score (nSPS) is 10.2. The SMILES string of the molecule is COc1ccc(Nc2cccc(C)c2N)cc1Br. The van der Waals surface area contributed by atoms with E-state index >= 15 is 0 Å². The maximum atomic E-state index is 6.03. The lowest BCUT2D eigenvalue weighted by molar-refractivity contribution is 0.412. The number of halogens is 1. The summed E-state index contributed by atoms with van der Waals surface area (Å²) in [6.45, 7) is 1.99. The molecular formula is C14H15BrN2O. The van der Waals surface area contributed by atoms with Crippen molar-refractivity contribution in [2.75, 3.05) is 18.2 Å². The van der Waals surface area contributed by atoms with E-state index in [1.54, 1.807) is 7.11 Å². The Balaban J connectivity index is 2.29. The number of methoxy groups -OCH3 is 1. The zero-order valence-electron chi connectivity index (χ0n) is 10.3. The van der Waals surface area contributed by atoms with Crippen LogP contribution in [0.3, 0.4) is 0 Å². The fourth-order valence-electron chi connectivity index (χ4n) is 1.69. The third-order valence-electron chi connectivity index (χ3n) is 2.75. The third-order valence-corrected chi connectivity index (χ3v) is 3.37. The largest absolute Gasteiger partial charge is 0.496 e. The number of ether oxygens (including phenoxy) is 1. The number of nitrogens with one attached hydrogen (secondary N) is 1. The van der Waals surface area contributed by atoms with Gasteiger partial charge in [-0.2, -0.15) is 0 Å². The minimum absolute atomic E-state index is 0.768. The van der Waals surface area contributed by atoms with Crippen molar-refractivity contribution < 1.29 is 4.74 Å². The molecule has 0 saturated heterocycles. The minimum Gasteiger partial charge on any atom is -0.496 e. The molecule has 0 heterocycles. The van der Waals surface area contributed by atoms with Crippen LogP contribution in [0.2, 0.25) is 0 Å². The molecule has 0 aliphatic carbocycles. The summed E-state index contributed by atoms with van der Waals surface area (Å²) in [7, 11) is 1.64. The molecule has 0 amide bonds. The van der Waals surface area contributed by atoms with E-state index in [9.17, 15) is 0 Å². The fourth-order valence-corrected chi connectivity index (χ4v) is 2.23. The molecule has 0 aliphatic heterocycles. The molecule has 0 unspecified atom stereocenters. The van der Waals surface area contributed by atoms with Gasteiger partial charge in [-0.15, -0.1) is 0 Å². The Morgan fingerprint density at radius 1 is 1.22 bits per heavy atom. The Morgan fingerprint density at radius 3 is 2.67 bits per heavy atom. The van der Waals surface area contributed by atoms with Gasteiger partial charge in [-0.3, -0.25) is 0 Å². The summed E-state index contributed by atoms with van der Waals surface area (Å²) in [6.07, 6.45) is 0. The second-order valence-electron chi connectivity index (χ2n) is 4.01. The maximum absolute atomic E-state index is 6.03. The highest BCUT2D eigenvalue weighted by molar-refractivity contribution is 9.10. The highest BCUT2D eigenvalue weighted by atomic mass is 79.9. The van der Waals surface area contributed by atoms with Crippen molar-refractivity contribution in [3.63, 3.8) is 0 Å². The molecule has 0 fully saturated rings. The molecule has 0 saturated carbocycles. The van der Waals surface area contributed by atoms with Crippen molar-refractivity contribution in [2.45, 2.75) is 6.92 Å². The van der Waals surface area contributed by atoms with Crippen LogP contribution in [0.1, 0.15) is 5.56 Å². The maximum Gasteiger partial charge on any atom is 0.133 e. The number of nitrogens with two attached hydrogens (primary N) is 1. The number of hydrogen-bond acceptors (Lipinski definition) is 3. The van der Waals surface area contributed by atoms with Crippen LogP contribution in [-0.4, -0.2) is 7.11 Å². The number of anilines is 3. The van der Waals surface area contributed by atoms with E-state index in [2.05, 4.69) is 21.2 Å². The van der Waals surface area contributed by atoms with Crippen molar-refractivity contribution in [1.29, 1.82) is 0 Å². The molecule has 0 atom stereocenters. The van der Waals surface area contributed by atoms with E-state index in [0.29, 0.717) is 0 Å². The number of para-hydroxylation sites is 1. The van der Waals surface area contributed by atoms with Crippen molar-refractivity contribution in [2.24, 2.45) is 0 Å². The number of benzene rings is 2. The third kappa shape index (κ3) is 2.59. The van der Waals surface area contributed by atoms with Gasteiger partial charge >= 0.3 is 0 Å². The average Bonchev–Trinajstić information content (AvgIpc) is 2.35. The van der Waals surface area contributed by atoms with Crippen LogP contribution in [0.15, 0.2) is 40.9 Å². The van der Waals surface area contributed by atoms with Gasteiger partial charge < -0.3 is 15.8 Å². The van der Waals surface area contributed by atoms with Crippen LogP contribution in [0.5, 0.6) is 5.75 Å². The Hall–Kier alpha value is -1.68. The van der Waals surface area contributed by atoms with Crippen molar-refractivity contribution in [3.8, 4) is 5.75 Å². The molecular weight excluding hydrogens is 292 g/mol. The first kappa shape index (κ1) is 12.8. The molecule has 2 rings (SSSR count).